The quantitative estimate of drug-likeness (QED) is 0.155. The third-order valence-electron chi connectivity index (χ3n) is 17.4. The molecule has 0 bridgehead atoms. The van der Waals surface area contributed by atoms with Crippen LogP contribution in [0.15, 0.2) is 218 Å². The molecule has 0 amide bonds. The summed E-state index contributed by atoms with van der Waals surface area (Å²) in [6.45, 7) is 13.4. The summed E-state index contributed by atoms with van der Waals surface area (Å²) in [6.07, 6.45) is 0. The number of fused-ring (bicyclic) bond motifs is 12. The van der Waals surface area contributed by atoms with Crippen molar-refractivity contribution in [3.8, 4) is 44.5 Å². The van der Waals surface area contributed by atoms with E-state index in [1.165, 1.54) is 96.0 Å². The molecule has 0 spiro atoms. The number of benzene rings is 9. The van der Waals surface area contributed by atoms with Crippen molar-refractivity contribution in [3.05, 3.63) is 221 Å². The first-order valence-electron chi connectivity index (χ1n) is 28.4. The summed E-state index contributed by atoms with van der Waals surface area (Å²) < 4.78 is 20.2. The Bertz CT molecular complexity index is 4680. The number of hydrogen-bond acceptors (Lipinski definition) is 8. The average molecular weight is 1140 g/mol. The number of furan rings is 2. The summed E-state index contributed by atoms with van der Waals surface area (Å²) in [7, 11) is 0. The molecule has 4 nitrogen and oxygen atoms in total. The molecule has 0 saturated heterocycles. The maximum absolute atomic E-state index is 7.55. The Kier molecular flexibility index (Phi) is 10.7. The van der Waals surface area contributed by atoms with E-state index in [0.717, 1.165) is 72.8 Å². The van der Waals surface area contributed by atoms with Gasteiger partial charge in [-0.05, 0) is 168 Å². The van der Waals surface area contributed by atoms with Gasteiger partial charge in [-0.25, -0.2) is 0 Å². The summed E-state index contributed by atoms with van der Waals surface area (Å²) in [4.78, 5) is 5.08. The van der Waals surface area contributed by atoms with E-state index in [0.29, 0.717) is 0 Å². The van der Waals surface area contributed by atoms with Gasteiger partial charge in [-0.2, -0.15) is 0 Å². The minimum Gasteiger partial charge on any atom is -0.468 e. The van der Waals surface area contributed by atoms with Gasteiger partial charge in [-0.3, -0.25) is 0 Å². The molecule has 2 aliphatic rings. The van der Waals surface area contributed by atoms with Gasteiger partial charge in [0.15, 0.2) is 0 Å². The Labute approximate surface area is 497 Å². The van der Waals surface area contributed by atoms with Crippen LogP contribution in [0.5, 0.6) is 0 Å². The van der Waals surface area contributed by atoms with Crippen LogP contribution in [-0.2, 0) is 10.8 Å². The van der Waals surface area contributed by atoms with E-state index in [-0.39, 0.29) is 17.5 Å². The molecule has 17 rings (SSSR count). The lowest BCUT2D eigenvalue weighted by Crippen LogP contribution is -2.60. The van der Waals surface area contributed by atoms with Crippen LogP contribution in [0, 0.1) is 0 Å². The van der Waals surface area contributed by atoms with Gasteiger partial charge < -0.3 is 18.6 Å². The minimum absolute atomic E-state index is 0.115. The third kappa shape index (κ3) is 7.54. The minimum atomic E-state index is -0.386. The molecule has 0 saturated carbocycles. The maximum Gasteiger partial charge on any atom is 0.342 e. The van der Waals surface area contributed by atoms with E-state index >= 15 is 0 Å². The third-order valence-corrected chi connectivity index (χ3v) is 21.3. The van der Waals surface area contributed by atoms with Crippen LogP contribution in [0.2, 0.25) is 0 Å². The molecule has 0 fully saturated rings. The molecule has 8 heterocycles. The standard InChI is InChI=1S/C74H53BN2O2S4/c1-73(2,3)46-26-28-62-54(36-46)69-71(78-62)75-68-60(76(69)48-32-42(56-38-80-64-22-11-7-16-50(56)64)30-43(33-48)57-39-81-65-23-12-8-17-51(57)65)20-15-21-61(68)77(70-55-37-47(74(4,5)6)27-29-63(55)79-72(70)75)49-34-44(58-40-82-66-24-13-9-18-52(58)66)31-45(35-49)59-41-83-67-25-14-10-19-53(59)67/h7-41H,1-6H3. The highest BCUT2D eigenvalue weighted by molar-refractivity contribution is 7.18. The number of rotatable bonds is 6. The zero-order valence-electron chi connectivity index (χ0n) is 46.6. The molecule has 6 aromatic heterocycles. The van der Waals surface area contributed by atoms with Gasteiger partial charge in [-0.1, -0.05) is 133 Å². The lowest BCUT2D eigenvalue weighted by Gasteiger charge is -2.41. The number of anilines is 6. The van der Waals surface area contributed by atoms with E-state index < -0.39 is 0 Å². The van der Waals surface area contributed by atoms with E-state index in [1.54, 1.807) is 0 Å². The monoisotopic (exact) mass is 1140 g/mol. The predicted molar refractivity (Wildman–Crippen MR) is 361 cm³/mol. The second-order valence-corrected chi connectivity index (χ2v) is 28.1. The van der Waals surface area contributed by atoms with Crippen LogP contribution in [0.4, 0.5) is 34.1 Å². The molecule has 83 heavy (non-hydrogen) atoms. The van der Waals surface area contributed by atoms with Crippen LogP contribution in [0.3, 0.4) is 0 Å². The first kappa shape index (κ1) is 49.2. The molecule has 0 aliphatic carbocycles. The van der Waals surface area contributed by atoms with Crippen LogP contribution < -0.4 is 26.6 Å². The van der Waals surface area contributed by atoms with E-state index in [9.17, 15) is 0 Å². The van der Waals surface area contributed by atoms with Crippen molar-refractivity contribution in [2.45, 2.75) is 52.4 Å². The Morgan fingerprint density at radius 3 is 1.02 bits per heavy atom. The molecule has 9 aromatic carbocycles. The number of nitrogens with zero attached hydrogens (tertiary/aromatic N) is 2. The van der Waals surface area contributed by atoms with Gasteiger partial charge in [0.05, 0.1) is 11.4 Å². The molecule has 9 heteroatoms. The van der Waals surface area contributed by atoms with Crippen molar-refractivity contribution in [2.75, 3.05) is 9.80 Å². The largest absolute Gasteiger partial charge is 0.468 e. The average Bonchev–Trinajstić information content (AvgIpc) is 1.84. The smallest absolute Gasteiger partial charge is 0.342 e. The van der Waals surface area contributed by atoms with Crippen LogP contribution in [0.25, 0.3) is 107 Å². The lowest BCUT2D eigenvalue weighted by molar-refractivity contribution is 0.590. The first-order chi connectivity index (χ1) is 40.4. The highest BCUT2D eigenvalue weighted by Gasteiger charge is 2.50. The van der Waals surface area contributed by atoms with Crippen molar-refractivity contribution in [2.24, 2.45) is 0 Å². The van der Waals surface area contributed by atoms with Gasteiger partial charge >= 0.3 is 6.71 Å². The van der Waals surface area contributed by atoms with Gasteiger partial charge in [-0.15, -0.1) is 45.3 Å². The Morgan fingerprint density at radius 2 is 0.687 bits per heavy atom. The Morgan fingerprint density at radius 1 is 0.349 bits per heavy atom. The van der Waals surface area contributed by atoms with E-state index in [2.05, 4.69) is 261 Å². The van der Waals surface area contributed by atoms with Crippen molar-refractivity contribution >= 4 is 165 Å². The number of hydrogen-bond donors (Lipinski definition) is 0. The lowest BCUT2D eigenvalue weighted by atomic mass is 9.37. The fraction of sp³-hybridized carbons (Fsp3) is 0.108. The topological polar surface area (TPSA) is 32.8 Å². The van der Waals surface area contributed by atoms with Gasteiger partial charge in [0, 0.05) is 96.1 Å². The predicted octanol–water partition coefficient (Wildman–Crippen LogP) is 21.4. The second kappa shape index (κ2) is 18.0. The Hall–Kier alpha value is -8.44. The number of thiophene rings is 4. The van der Waals surface area contributed by atoms with Gasteiger partial charge in [0.1, 0.15) is 22.5 Å². The molecule has 0 radical (unpaired) electrons. The highest BCUT2D eigenvalue weighted by Crippen LogP contribution is 2.53. The summed E-state index contributed by atoms with van der Waals surface area (Å²) >= 11 is 7.23. The van der Waals surface area contributed by atoms with Crippen LogP contribution >= 0.6 is 45.3 Å². The Balaban J connectivity index is 0.986. The SMILES string of the molecule is CC(C)(C)c1ccc2oc3c(c2c1)N(c1cc(-c2csc4ccccc24)cc(-c2csc4ccccc24)c1)c1cccc2c1B3c1oc3ccc(C(C)(C)C)cc3c1N2c1cc(-c2csc3ccccc23)cc(-c2csc3ccccc23)c1. The molecule has 398 valence electrons. The van der Waals surface area contributed by atoms with Crippen LogP contribution in [-0.4, -0.2) is 6.71 Å². The zero-order valence-corrected chi connectivity index (χ0v) is 49.9. The molecule has 0 N–H and O–H groups in total. The van der Waals surface area contributed by atoms with E-state index in [1.807, 2.05) is 45.3 Å². The van der Waals surface area contributed by atoms with Crippen molar-refractivity contribution in [1.29, 1.82) is 0 Å². The summed E-state index contributed by atoms with van der Waals surface area (Å²) in [5.41, 5.74) is 22.8. The normalized spacial score (nSPS) is 13.3. The van der Waals surface area contributed by atoms with Crippen molar-refractivity contribution in [3.63, 3.8) is 0 Å². The van der Waals surface area contributed by atoms with Crippen molar-refractivity contribution < 1.29 is 8.83 Å². The summed E-state index contributed by atoms with van der Waals surface area (Å²) in [6, 6.07) is 70.5. The maximum atomic E-state index is 7.55. The summed E-state index contributed by atoms with van der Waals surface area (Å²) in [5, 5.41) is 16.6. The first-order valence-corrected chi connectivity index (χ1v) is 32.0. The second-order valence-electron chi connectivity index (χ2n) is 24.5. The summed E-state index contributed by atoms with van der Waals surface area (Å²) in [5.74, 6) is 0. The molecular formula is C74H53BN2O2S4. The van der Waals surface area contributed by atoms with Crippen molar-refractivity contribution in [1.82, 2.24) is 0 Å². The van der Waals surface area contributed by atoms with Gasteiger partial charge in [0.2, 0.25) is 0 Å². The zero-order chi connectivity index (χ0) is 55.6. The highest BCUT2D eigenvalue weighted by atomic mass is 32.1. The van der Waals surface area contributed by atoms with Crippen LogP contribution in [0.1, 0.15) is 52.7 Å². The van der Waals surface area contributed by atoms with E-state index in [4.69, 9.17) is 8.83 Å². The molecule has 2 aliphatic heterocycles. The molecule has 0 atom stereocenters. The van der Waals surface area contributed by atoms with Gasteiger partial charge in [0.25, 0.3) is 0 Å². The fourth-order valence-electron chi connectivity index (χ4n) is 13.3. The molecule has 15 aromatic rings. The fourth-order valence-corrected chi connectivity index (χ4v) is 17.2. The molecule has 0 unspecified atom stereocenters. The molecular weight excluding hydrogens is 1090 g/mol.